The van der Waals surface area contributed by atoms with Crippen molar-refractivity contribution in [2.45, 2.75) is 25.4 Å². The predicted octanol–water partition coefficient (Wildman–Crippen LogP) is 5.46. The van der Waals surface area contributed by atoms with Crippen molar-refractivity contribution in [1.29, 1.82) is 0 Å². The Hall–Kier alpha value is -3.41. The fraction of sp³-hybridized carbons (Fsp3) is 0.333. The van der Waals surface area contributed by atoms with Crippen LogP contribution < -0.4 is 15.4 Å². The molecule has 0 fully saturated rings. The van der Waals surface area contributed by atoms with Crippen LogP contribution in [0.5, 0.6) is 11.5 Å². The monoisotopic (exact) mass is 472 g/mol. The van der Waals surface area contributed by atoms with E-state index in [0.717, 1.165) is 12.1 Å². The Kier molecular flexibility index (Phi) is 7.36. The zero-order chi connectivity index (χ0) is 24.2. The number of anilines is 1. The van der Waals surface area contributed by atoms with Crippen LogP contribution in [-0.2, 0) is 4.74 Å². The van der Waals surface area contributed by atoms with Crippen molar-refractivity contribution in [3.63, 3.8) is 0 Å². The lowest BCUT2D eigenvalue weighted by Crippen LogP contribution is -2.31. The van der Waals surface area contributed by atoms with Crippen LogP contribution in [0.1, 0.15) is 24.8 Å². The fourth-order valence-electron chi connectivity index (χ4n) is 3.26. The third-order valence-corrected chi connectivity index (χ3v) is 4.69. The second-order valence-corrected chi connectivity index (χ2v) is 7.24. The molecule has 1 unspecified atom stereocenters. The molecule has 0 aliphatic carbocycles. The third-order valence-electron chi connectivity index (χ3n) is 4.69. The van der Waals surface area contributed by atoms with Gasteiger partial charge < -0.3 is 25.1 Å². The largest absolute Gasteiger partial charge is 0.450 e. The number of carbonyl (C=O) groups is 1. The van der Waals surface area contributed by atoms with E-state index < -0.39 is 41.9 Å². The summed E-state index contributed by atoms with van der Waals surface area (Å²) < 4.78 is 78.1. The average molecular weight is 472 g/mol. The van der Waals surface area contributed by atoms with E-state index in [-0.39, 0.29) is 41.2 Å². The van der Waals surface area contributed by atoms with Crippen LogP contribution in [0.2, 0.25) is 0 Å². The van der Waals surface area contributed by atoms with E-state index in [0.29, 0.717) is 0 Å². The molecule has 2 heterocycles. The van der Waals surface area contributed by atoms with Gasteiger partial charge in [0.15, 0.2) is 17.4 Å². The number of hydrogen-bond donors (Lipinski definition) is 3. The molecule has 0 aliphatic rings. The van der Waals surface area contributed by atoms with Gasteiger partial charge in [-0.2, -0.15) is 13.2 Å². The maximum Gasteiger partial charge on any atom is 0.389 e. The second kappa shape index (κ2) is 10.0. The van der Waals surface area contributed by atoms with Crippen molar-refractivity contribution < 1.29 is 36.2 Å². The highest BCUT2D eigenvalue weighted by Crippen LogP contribution is 2.40. The number of amides is 2. The van der Waals surface area contributed by atoms with Crippen LogP contribution >= 0.6 is 0 Å². The van der Waals surface area contributed by atoms with Crippen molar-refractivity contribution in [2.24, 2.45) is 0 Å². The number of aromatic nitrogens is 2. The highest BCUT2D eigenvalue weighted by molar-refractivity contribution is 5.89. The lowest BCUT2D eigenvalue weighted by molar-refractivity contribution is -0.137. The highest BCUT2D eigenvalue weighted by atomic mass is 19.4. The Morgan fingerprint density at radius 2 is 1.94 bits per heavy atom. The van der Waals surface area contributed by atoms with Crippen LogP contribution in [0.3, 0.4) is 0 Å². The number of ether oxygens (including phenoxy) is 2. The Labute approximate surface area is 185 Å². The van der Waals surface area contributed by atoms with Gasteiger partial charge in [-0.3, -0.25) is 0 Å². The van der Waals surface area contributed by atoms with Crippen LogP contribution in [0.15, 0.2) is 30.6 Å². The quantitative estimate of drug-likeness (QED) is 0.300. The number of rotatable bonds is 8. The maximum atomic E-state index is 14.6. The van der Waals surface area contributed by atoms with Gasteiger partial charge in [0.25, 0.3) is 0 Å². The molecule has 3 rings (SSSR count). The number of alkyl halides is 3. The number of halogens is 5. The van der Waals surface area contributed by atoms with E-state index in [4.69, 9.17) is 9.47 Å². The van der Waals surface area contributed by atoms with Gasteiger partial charge in [0, 0.05) is 43.9 Å². The standard InChI is InChI=1S/C21H21F5N4O3/c1-11(9-21(24,25)26)13-10-29-19-17(13)16(3-4-27-19)33-18-14(22)7-12(8-15(18)23)30-20(31)28-5-6-32-2/h3-4,7-8,10-11H,5-6,9H2,1-2H3,(H,27,29)(H2,28,30,31). The summed E-state index contributed by atoms with van der Waals surface area (Å²) in [6.07, 6.45) is -2.84. The number of benzene rings is 1. The zero-order valence-electron chi connectivity index (χ0n) is 17.6. The Morgan fingerprint density at radius 1 is 1.24 bits per heavy atom. The summed E-state index contributed by atoms with van der Waals surface area (Å²) in [6.45, 7) is 1.83. The van der Waals surface area contributed by atoms with Crippen molar-refractivity contribution in [1.82, 2.24) is 15.3 Å². The van der Waals surface area contributed by atoms with Crippen LogP contribution in [0, 0.1) is 11.6 Å². The van der Waals surface area contributed by atoms with Gasteiger partial charge in [0.2, 0.25) is 0 Å². The molecule has 0 saturated carbocycles. The van der Waals surface area contributed by atoms with Crippen molar-refractivity contribution in [3.05, 3.63) is 47.8 Å². The molecule has 0 saturated heterocycles. The van der Waals surface area contributed by atoms with Gasteiger partial charge in [-0.1, -0.05) is 6.92 Å². The number of methoxy groups -OCH3 is 1. The average Bonchev–Trinajstić information content (AvgIpc) is 3.15. The molecule has 1 aromatic carbocycles. The molecule has 7 nitrogen and oxygen atoms in total. The smallest absolute Gasteiger partial charge is 0.389 e. The molecule has 3 aromatic rings. The molecule has 0 bridgehead atoms. The minimum Gasteiger partial charge on any atom is -0.450 e. The van der Waals surface area contributed by atoms with E-state index in [2.05, 4.69) is 20.6 Å². The number of urea groups is 1. The topological polar surface area (TPSA) is 88.3 Å². The van der Waals surface area contributed by atoms with Gasteiger partial charge in [0.05, 0.1) is 18.4 Å². The van der Waals surface area contributed by atoms with E-state index in [1.165, 1.54) is 32.5 Å². The number of fused-ring (bicyclic) bond motifs is 1. The van der Waals surface area contributed by atoms with Crippen LogP contribution in [0.4, 0.5) is 32.4 Å². The molecule has 33 heavy (non-hydrogen) atoms. The van der Waals surface area contributed by atoms with Crippen molar-refractivity contribution >= 4 is 22.8 Å². The predicted molar refractivity (Wildman–Crippen MR) is 111 cm³/mol. The van der Waals surface area contributed by atoms with E-state index in [1.54, 1.807) is 0 Å². The number of pyridine rings is 1. The van der Waals surface area contributed by atoms with Gasteiger partial charge in [-0.05, 0) is 17.5 Å². The molecule has 12 heteroatoms. The van der Waals surface area contributed by atoms with Crippen LogP contribution in [-0.4, -0.2) is 42.4 Å². The second-order valence-electron chi connectivity index (χ2n) is 7.24. The fourth-order valence-corrected chi connectivity index (χ4v) is 3.26. The third kappa shape index (κ3) is 6.09. The number of nitrogens with zero attached hydrogens (tertiary/aromatic N) is 1. The minimum absolute atomic E-state index is 0.0684. The molecule has 2 aromatic heterocycles. The maximum absolute atomic E-state index is 14.6. The van der Waals surface area contributed by atoms with E-state index in [9.17, 15) is 26.7 Å². The number of carbonyl (C=O) groups excluding carboxylic acids is 1. The molecule has 0 radical (unpaired) electrons. The molecule has 0 spiro atoms. The molecule has 3 N–H and O–H groups in total. The molecule has 178 valence electrons. The van der Waals surface area contributed by atoms with Crippen molar-refractivity contribution in [2.75, 3.05) is 25.6 Å². The van der Waals surface area contributed by atoms with E-state index in [1.807, 2.05) is 0 Å². The van der Waals surface area contributed by atoms with E-state index >= 15 is 0 Å². The summed E-state index contributed by atoms with van der Waals surface area (Å²) in [4.78, 5) is 18.5. The lowest BCUT2D eigenvalue weighted by Gasteiger charge is -2.15. The normalized spacial score (nSPS) is 12.6. The zero-order valence-corrected chi connectivity index (χ0v) is 17.6. The Bertz CT molecular complexity index is 1110. The molecular formula is C21H21F5N4O3. The first kappa shape index (κ1) is 24.2. The summed E-state index contributed by atoms with van der Waals surface area (Å²) in [5.41, 5.74) is 0.300. The Morgan fingerprint density at radius 3 is 2.58 bits per heavy atom. The van der Waals surface area contributed by atoms with Gasteiger partial charge >= 0.3 is 12.2 Å². The van der Waals surface area contributed by atoms with Crippen molar-refractivity contribution in [3.8, 4) is 11.5 Å². The minimum atomic E-state index is -4.40. The summed E-state index contributed by atoms with van der Waals surface area (Å²) in [6, 6.07) is 2.33. The molecule has 2 amide bonds. The summed E-state index contributed by atoms with van der Waals surface area (Å²) in [7, 11) is 1.45. The number of nitrogens with one attached hydrogen (secondary N) is 3. The number of hydrogen-bond acceptors (Lipinski definition) is 4. The molecule has 1 atom stereocenters. The first-order valence-electron chi connectivity index (χ1n) is 9.82. The van der Waals surface area contributed by atoms with Gasteiger partial charge in [0.1, 0.15) is 11.4 Å². The summed E-state index contributed by atoms with van der Waals surface area (Å²) >= 11 is 0. The van der Waals surface area contributed by atoms with Gasteiger partial charge in [-0.25, -0.2) is 18.6 Å². The molecular weight excluding hydrogens is 451 g/mol. The first-order chi connectivity index (χ1) is 15.6. The SMILES string of the molecule is COCCNC(=O)Nc1cc(F)c(Oc2ccnc3[nH]cc(C(C)CC(F)(F)F)c23)c(F)c1. The number of H-pyrrole nitrogens is 1. The summed E-state index contributed by atoms with van der Waals surface area (Å²) in [5, 5.41) is 4.90. The van der Waals surface area contributed by atoms with Crippen LogP contribution in [0.25, 0.3) is 11.0 Å². The Balaban J connectivity index is 1.87. The highest BCUT2D eigenvalue weighted by Gasteiger charge is 2.32. The molecule has 0 aliphatic heterocycles. The van der Waals surface area contributed by atoms with Gasteiger partial charge in [-0.15, -0.1) is 0 Å². The first-order valence-corrected chi connectivity index (χ1v) is 9.82. The summed E-state index contributed by atoms with van der Waals surface area (Å²) in [5.74, 6) is -4.03. The number of aromatic amines is 1. The lowest BCUT2D eigenvalue weighted by atomic mass is 9.97.